The van der Waals surface area contributed by atoms with Crippen molar-refractivity contribution in [2.75, 3.05) is 26.0 Å². The van der Waals surface area contributed by atoms with Gasteiger partial charge in [0.2, 0.25) is 5.91 Å². The van der Waals surface area contributed by atoms with Gasteiger partial charge in [0.05, 0.1) is 11.9 Å². The van der Waals surface area contributed by atoms with Gasteiger partial charge in [0.1, 0.15) is 5.69 Å². The molecule has 0 radical (unpaired) electrons. The summed E-state index contributed by atoms with van der Waals surface area (Å²) in [4.78, 5) is 30.3. The molecule has 0 bridgehead atoms. The zero-order valence-corrected chi connectivity index (χ0v) is 15.3. The number of likely N-dealkylation sites (N-methyl/N-ethyl adjacent to an activating group) is 1. The van der Waals surface area contributed by atoms with Crippen LogP contribution in [-0.2, 0) is 4.79 Å². The van der Waals surface area contributed by atoms with Crippen molar-refractivity contribution in [2.24, 2.45) is 0 Å². The first-order valence-electron chi connectivity index (χ1n) is 8.79. The molecule has 136 valence electrons. The van der Waals surface area contributed by atoms with Crippen LogP contribution in [0.1, 0.15) is 49.5 Å². The summed E-state index contributed by atoms with van der Waals surface area (Å²) >= 11 is 0. The number of anilines is 1. The number of carbonyl (C=O) groups is 2. The molecule has 0 unspecified atom stereocenters. The van der Waals surface area contributed by atoms with Crippen LogP contribution in [0.25, 0.3) is 0 Å². The maximum atomic E-state index is 12.4. The van der Waals surface area contributed by atoms with E-state index >= 15 is 0 Å². The molecule has 1 fully saturated rings. The molecule has 1 heterocycles. The molecule has 6 heteroatoms. The van der Waals surface area contributed by atoms with Crippen LogP contribution in [0.15, 0.2) is 30.5 Å². The average molecular weight is 344 g/mol. The van der Waals surface area contributed by atoms with Gasteiger partial charge < -0.3 is 15.5 Å². The topological polar surface area (TPSA) is 74.3 Å². The highest BCUT2D eigenvalue weighted by Gasteiger charge is 2.28. The number of carbonyl (C=O) groups excluding carboxylic acids is 2. The zero-order chi connectivity index (χ0) is 18.3. The third-order valence-electron chi connectivity index (χ3n) is 4.38. The molecule has 1 aliphatic carbocycles. The summed E-state index contributed by atoms with van der Waals surface area (Å²) in [5.74, 6) is -0.372. The van der Waals surface area contributed by atoms with Gasteiger partial charge in [-0.05, 0) is 46.0 Å². The molecule has 0 aromatic carbocycles. The minimum Gasteiger partial charge on any atom is -0.346 e. The molecule has 0 aliphatic heterocycles. The number of hydrogen-bond acceptors (Lipinski definition) is 4. The van der Waals surface area contributed by atoms with Gasteiger partial charge in [0, 0.05) is 18.2 Å². The summed E-state index contributed by atoms with van der Waals surface area (Å²) in [6, 6.07) is 3.34. The third kappa shape index (κ3) is 6.31. The van der Waals surface area contributed by atoms with E-state index in [2.05, 4.69) is 22.5 Å². The fourth-order valence-electron chi connectivity index (χ4n) is 2.95. The first-order valence-corrected chi connectivity index (χ1v) is 8.79. The van der Waals surface area contributed by atoms with E-state index < -0.39 is 0 Å². The second kappa shape index (κ2) is 8.76. The molecule has 2 rings (SSSR count). The monoisotopic (exact) mass is 344 g/mol. The quantitative estimate of drug-likeness (QED) is 0.778. The van der Waals surface area contributed by atoms with E-state index in [1.54, 1.807) is 18.2 Å². The van der Waals surface area contributed by atoms with Gasteiger partial charge in [-0.3, -0.25) is 9.59 Å². The standard InChI is InChI=1S/C19H28N4O2/c1-19(11-5-4-6-12-19)22-18(25)16-10-9-15(14-20-16)21-17(24)8-7-13-23(2)3/h7-10,14H,4-6,11-13H2,1-3H3,(H,21,24)(H,22,25)/b8-7+. The fourth-order valence-corrected chi connectivity index (χ4v) is 2.95. The van der Waals surface area contributed by atoms with E-state index in [1.165, 1.54) is 18.7 Å². The van der Waals surface area contributed by atoms with Gasteiger partial charge in [0.15, 0.2) is 0 Å². The summed E-state index contributed by atoms with van der Waals surface area (Å²) in [5, 5.41) is 5.84. The Morgan fingerprint density at radius 2 is 1.96 bits per heavy atom. The lowest BCUT2D eigenvalue weighted by molar-refractivity contribution is -0.111. The van der Waals surface area contributed by atoms with Crippen molar-refractivity contribution >= 4 is 17.5 Å². The maximum absolute atomic E-state index is 12.4. The number of hydrogen-bond donors (Lipinski definition) is 2. The molecule has 0 spiro atoms. The molecular weight excluding hydrogens is 316 g/mol. The van der Waals surface area contributed by atoms with E-state index in [-0.39, 0.29) is 17.4 Å². The lowest BCUT2D eigenvalue weighted by Gasteiger charge is -2.34. The number of rotatable bonds is 6. The Balaban J connectivity index is 1.89. The van der Waals surface area contributed by atoms with Crippen molar-refractivity contribution in [2.45, 2.75) is 44.6 Å². The Labute approximate surface area is 149 Å². The zero-order valence-electron chi connectivity index (χ0n) is 15.3. The van der Waals surface area contributed by atoms with Crippen LogP contribution in [0.2, 0.25) is 0 Å². The summed E-state index contributed by atoms with van der Waals surface area (Å²) < 4.78 is 0. The van der Waals surface area contributed by atoms with Gasteiger partial charge >= 0.3 is 0 Å². The van der Waals surface area contributed by atoms with Gasteiger partial charge in [-0.15, -0.1) is 0 Å². The van der Waals surface area contributed by atoms with Crippen LogP contribution in [0, 0.1) is 0 Å². The Bertz CT molecular complexity index is 617. The van der Waals surface area contributed by atoms with Crippen LogP contribution in [0.3, 0.4) is 0 Å². The van der Waals surface area contributed by atoms with Crippen molar-refractivity contribution in [1.29, 1.82) is 0 Å². The SMILES string of the molecule is CN(C)C/C=C/C(=O)Nc1ccc(C(=O)NC2(C)CCCCC2)nc1. The Hall–Kier alpha value is -2.21. The molecule has 25 heavy (non-hydrogen) atoms. The molecule has 0 atom stereocenters. The second-order valence-electron chi connectivity index (χ2n) is 7.16. The number of aromatic nitrogens is 1. The summed E-state index contributed by atoms with van der Waals surface area (Å²) in [6.45, 7) is 2.79. The lowest BCUT2D eigenvalue weighted by Crippen LogP contribution is -2.47. The first-order chi connectivity index (χ1) is 11.9. The van der Waals surface area contributed by atoms with Crippen molar-refractivity contribution in [3.05, 3.63) is 36.2 Å². The number of nitrogens with one attached hydrogen (secondary N) is 2. The van der Waals surface area contributed by atoms with Crippen LogP contribution in [0.4, 0.5) is 5.69 Å². The van der Waals surface area contributed by atoms with Crippen molar-refractivity contribution in [1.82, 2.24) is 15.2 Å². The highest BCUT2D eigenvalue weighted by atomic mass is 16.2. The van der Waals surface area contributed by atoms with Crippen LogP contribution < -0.4 is 10.6 Å². The summed E-state index contributed by atoms with van der Waals surface area (Å²) in [5.41, 5.74) is 0.800. The van der Waals surface area contributed by atoms with Crippen LogP contribution >= 0.6 is 0 Å². The molecular formula is C19H28N4O2. The normalized spacial score (nSPS) is 16.8. The van der Waals surface area contributed by atoms with Crippen LogP contribution in [-0.4, -0.2) is 47.9 Å². The number of amides is 2. The smallest absolute Gasteiger partial charge is 0.270 e. The third-order valence-corrected chi connectivity index (χ3v) is 4.38. The Kier molecular flexibility index (Phi) is 6.70. The fraction of sp³-hybridized carbons (Fsp3) is 0.526. The van der Waals surface area contributed by atoms with Gasteiger partial charge in [-0.2, -0.15) is 0 Å². The van der Waals surface area contributed by atoms with Crippen molar-refractivity contribution < 1.29 is 9.59 Å². The Morgan fingerprint density at radius 1 is 1.24 bits per heavy atom. The summed E-state index contributed by atoms with van der Waals surface area (Å²) in [6.07, 6.45) is 10.3. The molecule has 2 amide bonds. The van der Waals surface area contributed by atoms with Crippen LogP contribution in [0.5, 0.6) is 0 Å². The Morgan fingerprint density at radius 3 is 2.56 bits per heavy atom. The molecule has 1 aliphatic rings. The largest absolute Gasteiger partial charge is 0.346 e. The first kappa shape index (κ1) is 19.1. The summed E-state index contributed by atoms with van der Waals surface area (Å²) in [7, 11) is 3.87. The molecule has 1 aromatic heterocycles. The molecule has 0 saturated heterocycles. The molecule has 6 nitrogen and oxygen atoms in total. The maximum Gasteiger partial charge on any atom is 0.270 e. The highest BCUT2D eigenvalue weighted by molar-refractivity contribution is 5.99. The number of nitrogens with zero attached hydrogens (tertiary/aromatic N) is 2. The van der Waals surface area contributed by atoms with Crippen molar-refractivity contribution in [3.8, 4) is 0 Å². The predicted octanol–water partition coefficient (Wildman–Crippen LogP) is 2.59. The second-order valence-corrected chi connectivity index (χ2v) is 7.16. The lowest BCUT2D eigenvalue weighted by atomic mass is 9.83. The highest BCUT2D eigenvalue weighted by Crippen LogP contribution is 2.27. The van der Waals surface area contributed by atoms with Gasteiger partial charge in [-0.1, -0.05) is 25.3 Å². The molecule has 1 saturated carbocycles. The van der Waals surface area contributed by atoms with Crippen molar-refractivity contribution in [3.63, 3.8) is 0 Å². The average Bonchev–Trinajstić information content (AvgIpc) is 2.55. The van der Waals surface area contributed by atoms with E-state index in [0.717, 1.165) is 25.7 Å². The van der Waals surface area contributed by atoms with E-state index in [1.807, 2.05) is 19.0 Å². The van der Waals surface area contributed by atoms with E-state index in [0.29, 0.717) is 17.9 Å². The van der Waals surface area contributed by atoms with E-state index in [9.17, 15) is 9.59 Å². The number of pyridine rings is 1. The molecule has 1 aromatic rings. The van der Waals surface area contributed by atoms with Gasteiger partial charge in [-0.25, -0.2) is 4.98 Å². The van der Waals surface area contributed by atoms with E-state index in [4.69, 9.17) is 0 Å². The van der Waals surface area contributed by atoms with Gasteiger partial charge in [0.25, 0.3) is 5.91 Å². The minimum absolute atomic E-state index is 0.138. The molecule has 2 N–H and O–H groups in total. The predicted molar refractivity (Wildman–Crippen MR) is 99.5 cm³/mol. The minimum atomic E-state index is -0.212.